The van der Waals surface area contributed by atoms with Crippen LogP contribution in [0.5, 0.6) is 34.5 Å². The zero-order valence-corrected chi connectivity index (χ0v) is 16.0. The summed E-state index contributed by atoms with van der Waals surface area (Å²) in [4.78, 5) is 0. The molecule has 160 valence electrons. The quantitative estimate of drug-likeness (QED) is 0.346. The van der Waals surface area contributed by atoms with E-state index in [0.29, 0.717) is 51.1 Å². The fourth-order valence-corrected chi connectivity index (χ4v) is 2.28. The van der Waals surface area contributed by atoms with Gasteiger partial charge < -0.3 is 44.1 Å². The molecule has 2 aromatic rings. The summed E-state index contributed by atoms with van der Waals surface area (Å²) in [5.41, 5.74) is 0. The molecule has 0 unspecified atom stereocenters. The van der Waals surface area contributed by atoms with Gasteiger partial charge in [0.2, 0.25) is 0 Å². The molecular weight excluding hydrogens is 384 g/mol. The molecule has 0 aliphatic heterocycles. The zero-order chi connectivity index (χ0) is 20.9. The van der Waals surface area contributed by atoms with Gasteiger partial charge in [-0.25, -0.2) is 0 Å². The van der Waals surface area contributed by atoms with Crippen LogP contribution in [0.25, 0.3) is 0 Å². The van der Waals surface area contributed by atoms with Crippen molar-refractivity contribution in [3.63, 3.8) is 0 Å². The second kappa shape index (κ2) is 12.6. The highest BCUT2D eigenvalue weighted by Gasteiger charge is 2.01. The van der Waals surface area contributed by atoms with E-state index in [4.69, 9.17) is 23.7 Å². The first-order valence-corrected chi connectivity index (χ1v) is 9.08. The van der Waals surface area contributed by atoms with Crippen LogP contribution < -0.4 is 9.47 Å². The number of benzene rings is 2. The summed E-state index contributed by atoms with van der Waals surface area (Å²) >= 11 is 0. The summed E-state index contributed by atoms with van der Waals surface area (Å²) in [6, 6.07) is 8.06. The van der Waals surface area contributed by atoms with Crippen molar-refractivity contribution in [1.29, 1.82) is 0 Å². The van der Waals surface area contributed by atoms with Crippen LogP contribution in [0.4, 0.5) is 0 Å². The zero-order valence-electron chi connectivity index (χ0n) is 16.0. The van der Waals surface area contributed by atoms with E-state index in [1.807, 2.05) is 0 Å². The van der Waals surface area contributed by atoms with Gasteiger partial charge in [0.1, 0.15) is 47.7 Å². The van der Waals surface area contributed by atoms with E-state index in [-0.39, 0.29) is 36.2 Å². The van der Waals surface area contributed by atoms with Gasteiger partial charge in [0, 0.05) is 36.4 Å². The molecule has 0 aliphatic rings. The molecule has 29 heavy (non-hydrogen) atoms. The van der Waals surface area contributed by atoms with E-state index in [2.05, 4.69) is 0 Å². The van der Waals surface area contributed by atoms with Crippen LogP contribution in [-0.4, -0.2) is 73.3 Å². The monoisotopic (exact) mass is 410 g/mol. The molecule has 0 heterocycles. The van der Waals surface area contributed by atoms with Crippen molar-refractivity contribution < 1.29 is 44.1 Å². The number of hydrogen-bond donors (Lipinski definition) is 4. The summed E-state index contributed by atoms with van der Waals surface area (Å²) in [6.07, 6.45) is 0. The molecule has 0 amide bonds. The predicted octanol–water partition coefficient (Wildman–Crippen LogP) is 2.02. The van der Waals surface area contributed by atoms with Crippen LogP contribution in [0.2, 0.25) is 0 Å². The van der Waals surface area contributed by atoms with Crippen molar-refractivity contribution in [1.82, 2.24) is 0 Å². The smallest absolute Gasteiger partial charge is 0.126 e. The normalized spacial score (nSPS) is 10.8. The first kappa shape index (κ1) is 22.4. The van der Waals surface area contributed by atoms with Crippen LogP contribution in [0.1, 0.15) is 0 Å². The second-order valence-electron chi connectivity index (χ2n) is 5.90. The van der Waals surface area contributed by atoms with Crippen molar-refractivity contribution in [3.05, 3.63) is 36.4 Å². The SMILES string of the molecule is Oc1cc(O)cc(OCCOCCOCCOCCOc2cc(O)cc(O)c2)c1. The lowest BCUT2D eigenvalue weighted by Gasteiger charge is -2.09. The van der Waals surface area contributed by atoms with Gasteiger partial charge in [-0.2, -0.15) is 0 Å². The minimum atomic E-state index is -0.0678. The molecule has 0 saturated carbocycles. The fourth-order valence-electron chi connectivity index (χ4n) is 2.28. The maximum atomic E-state index is 9.33. The maximum absolute atomic E-state index is 9.33. The van der Waals surface area contributed by atoms with Crippen LogP contribution in [0, 0.1) is 0 Å². The predicted molar refractivity (Wildman–Crippen MR) is 103 cm³/mol. The molecule has 0 spiro atoms. The average Bonchev–Trinajstić information content (AvgIpc) is 2.64. The minimum absolute atomic E-state index is 0.0678. The van der Waals surface area contributed by atoms with Crippen molar-refractivity contribution in [2.24, 2.45) is 0 Å². The van der Waals surface area contributed by atoms with Crippen LogP contribution >= 0.6 is 0 Å². The molecule has 0 saturated heterocycles. The van der Waals surface area contributed by atoms with Crippen molar-refractivity contribution >= 4 is 0 Å². The first-order valence-electron chi connectivity index (χ1n) is 9.08. The van der Waals surface area contributed by atoms with E-state index >= 15 is 0 Å². The van der Waals surface area contributed by atoms with E-state index in [1.54, 1.807) is 0 Å². The highest BCUT2D eigenvalue weighted by atomic mass is 16.6. The first-order chi connectivity index (χ1) is 14.0. The minimum Gasteiger partial charge on any atom is -0.508 e. The van der Waals surface area contributed by atoms with E-state index < -0.39 is 0 Å². The lowest BCUT2D eigenvalue weighted by Crippen LogP contribution is -2.14. The van der Waals surface area contributed by atoms with Gasteiger partial charge in [0.05, 0.1) is 39.6 Å². The molecule has 0 aliphatic carbocycles. The maximum Gasteiger partial charge on any atom is 0.126 e. The van der Waals surface area contributed by atoms with Gasteiger partial charge in [0.25, 0.3) is 0 Å². The molecule has 4 N–H and O–H groups in total. The van der Waals surface area contributed by atoms with E-state index in [0.717, 1.165) is 0 Å². The highest BCUT2D eigenvalue weighted by Crippen LogP contribution is 2.26. The molecule has 9 nitrogen and oxygen atoms in total. The molecule has 2 aromatic carbocycles. The summed E-state index contributed by atoms with van der Waals surface area (Å²) < 4.78 is 26.8. The van der Waals surface area contributed by atoms with Gasteiger partial charge in [-0.3, -0.25) is 0 Å². The molecule has 9 heteroatoms. The summed E-state index contributed by atoms with van der Waals surface area (Å²) in [5, 5.41) is 37.3. The van der Waals surface area contributed by atoms with Crippen molar-refractivity contribution in [3.8, 4) is 34.5 Å². The highest BCUT2D eigenvalue weighted by molar-refractivity contribution is 5.41. The van der Waals surface area contributed by atoms with Crippen LogP contribution in [0.3, 0.4) is 0 Å². The molecular formula is C20H26O9. The Hall–Kier alpha value is -2.88. The van der Waals surface area contributed by atoms with Crippen molar-refractivity contribution in [2.45, 2.75) is 0 Å². The topological polar surface area (TPSA) is 127 Å². The second-order valence-corrected chi connectivity index (χ2v) is 5.90. The van der Waals surface area contributed by atoms with Gasteiger partial charge in [-0.05, 0) is 0 Å². The van der Waals surface area contributed by atoms with E-state index in [9.17, 15) is 20.4 Å². The van der Waals surface area contributed by atoms with Gasteiger partial charge in [-0.1, -0.05) is 0 Å². The van der Waals surface area contributed by atoms with Crippen molar-refractivity contribution in [2.75, 3.05) is 52.9 Å². The molecule has 0 fully saturated rings. The Balaban J connectivity index is 1.38. The third-order valence-corrected chi connectivity index (χ3v) is 3.49. The number of ether oxygens (including phenoxy) is 5. The number of phenolic OH excluding ortho intramolecular Hbond substituents is 4. The summed E-state index contributed by atoms with van der Waals surface area (Å²) in [5.74, 6) is 0.459. The van der Waals surface area contributed by atoms with Crippen LogP contribution in [-0.2, 0) is 14.2 Å². The van der Waals surface area contributed by atoms with Gasteiger partial charge in [-0.15, -0.1) is 0 Å². The number of hydrogen-bond acceptors (Lipinski definition) is 9. The third kappa shape index (κ3) is 9.74. The van der Waals surface area contributed by atoms with Crippen LogP contribution in [0.15, 0.2) is 36.4 Å². The molecule has 0 bridgehead atoms. The average molecular weight is 410 g/mol. The Morgan fingerprint density at radius 3 is 1.00 bits per heavy atom. The Morgan fingerprint density at radius 2 is 0.690 bits per heavy atom. The van der Waals surface area contributed by atoms with Gasteiger partial charge in [0.15, 0.2) is 0 Å². The molecule has 0 radical (unpaired) electrons. The molecule has 0 atom stereocenters. The molecule has 0 aromatic heterocycles. The summed E-state index contributed by atoms with van der Waals surface area (Å²) in [6.45, 7) is 2.88. The Kier molecular flexibility index (Phi) is 9.70. The van der Waals surface area contributed by atoms with Gasteiger partial charge >= 0.3 is 0 Å². The third-order valence-electron chi connectivity index (χ3n) is 3.49. The number of aromatic hydroxyl groups is 4. The Bertz CT molecular complexity index is 634. The number of rotatable bonds is 14. The lowest BCUT2D eigenvalue weighted by atomic mass is 10.3. The molecule has 2 rings (SSSR count). The standard InChI is InChI=1S/C20H26O9/c21-15-9-16(22)12-19(11-15)28-7-5-26-3-1-25-2-4-27-6-8-29-20-13-17(23)10-18(24)14-20/h9-14,21-24H,1-8H2. The van der Waals surface area contributed by atoms with E-state index in [1.165, 1.54) is 36.4 Å². The number of phenols is 4. The lowest BCUT2D eigenvalue weighted by molar-refractivity contribution is 0.00496. The fraction of sp³-hybridized carbons (Fsp3) is 0.400. The Labute approximate surface area is 168 Å². The summed E-state index contributed by atoms with van der Waals surface area (Å²) in [7, 11) is 0. The Morgan fingerprint density at radius 1 is 0.414 bits per heavy atom. The largest absolute Gasteiger partial charge is 0.508 e.